The number of hydrogen-bond donors (Lipinski definition) is 4. The second-order valence-electron chi connectivity index (χ2n) is 10.2. The first kappa shape index (κ1) is 30.4. The number of aromatic hydroxyl groups is 1. The zero-order chi connectivity index (χ0) is 28.6. The molecule has 1 saturated carbocycles. The summed E-state index contributed by atoms with van der Waals surface area (Å²) in [6.45, 7) is 8.70. The van der Waals surface area contributed by atoms with Gasteiger partial charge in [-0.3, -0.25) is 19.2 Å². The fourth-order valence-corrected chi connectivity index (χ4v) is 3.92. The number of phenolic OH excluding ortho intramolecular Hbond substituents is 1. The molecule has 0 spiro atoms. The van der Waals surface area contributed by atoms with Crippen LogP contribution >= 0.6 is 0 Å². The molecule has 1 aliphatic carbocycles. The van der Waals surface area contributed by atoms with Crippen LogP contribution in [0.4, 0.5) is 4.79 Å². The SMILES string of the molecule is CCOC(=O)CCNC(=O)C(c1ccc(O)cc1)N(C(=O)C(CC(N)=O)NC(=O)OC(C)(C)C)C1CC1C. The van der Waals surface area contributed by atoms with Crippen LogP contribution in [0.25, 0.3) is 0 Å². The van der Waals surface area contributed by atoms with Crippen LogP contribution in [0.2, 0.25) is 0 Å². The normalized spacial score (nSPS) is 17.9. The van der Waals surface area contributed by atoms with Crippen LogP contribution in [0.5, 0.6) is 5.75 Å². The van der Waals surface area contributed by atoms with E-state index < -0.39 is 53.9 Å². The molecule has 1 fully saturated rings. The third kappa shape index (κ3) is 9.24. The number of phenols is 1. The Balaban J connectivity index is 2.41. The Labute approximate surface area is 222 Å². The summed E-state index contributed by atoms with van der Waals surface area (Å²) in [6.07, 6.45) is -0.907. The van der Waals surface area contributed by atoms with E-state index in [-0.39, 0.29) is 37.3 Å². The van der Waals surface area contributed by atoms with Crippen molar-refractivity contribution in [3.8, 4) is 5.75 Å². The highest BCUT2D eigenvalue weighted by atomic mass is 16.6. The third-order valence-corrected chi connectivity index (χ3v) is 5.74. The molecule has 0 radical (unpaired) electrons. The van der Waals surface area contributed by atoms with E-state index in [9.17, 15) is 29.1 Å². The molecule has 12 nitrogen and oxygen atoms in total. The number of ether oxygens (including phenoxy) is 2. The maximum absolute atomic E-state index is 13.9. The van der Waals surface area contributed by atoms with Crippen molar-refractivity contribution in [2.75, 3.05) is 13.2 Å². The van der Waals surface area contributed by atoms with E-state index in [1.54, 1.807) is 27.7 Å². The van der Waals surface area contributed by atoms with Gasteiger partial charge in [0.1, 0.15) is 23.4 Å². The maximum atomic E-state index is 13.9. The molecule has 1 aromatic carbocycles. The number of nitrogens with one attached hydrogen (secondary N) is 2. The van der Waals surface area contributed by atoms with E-state index in [0.717, 1.165) is 0 Å². The van der Waals surface area contributed by atoms with Gasteiger partial charge in [0.05, 0.1) is 19.4 Å². The quantitative estimate of drug-likeness (QED) is 0.292. The van der Waals surface area contributed by atoms with Gasteiger partial charge in [-0.1, -0.05) is 19.1 Å². The molecule has 0 saturated heterocycles. The van der Waals surface area contributed by atoms with Crippen molar-refractivity contribution >= 4 is 29.8 Å². The molecule has 4 amide bonds. The molecule has 4 unspecified atom stereocenters. The molecular weight excluding hydrogens is 496 g/mol. The summed E-state index contributed by atoms with van der Waals surface area (Å²) in [6, 6.07) is 2.83. The van der Waals surface area contributed by atoms with Crippen molar-refractivity contribution < 1.29 is 38.6 Å². The Morgan fingerprint density at radius 2 is 1.76 bits per heavy atom. The summed E-state index contributed by atoms with van der Waals surface area (Å²) in [5.41, 5.74) is 4.91. The monoisotopic (exact) mass is 534 g/mol. The first-order valence-corrected chi connectivity index (χ1v) is 12.6. The lowest BCUT2D eigenvalue weighted by Gasteiger charge is -2.35. The smallest absolute Gasteiger partial charge is 0.408 e. The van der Waals surface area contributed by atoms with Crippen molar-refractivity contribution in [1.82, 2.24) is 15.5 Å². The van der Waals surface area contributed by atoms with Crippen LogP contribution in [0, 0.1) is 5.92 Å². The third-order valence-electron chi connectivity index (χ3n) is 5.74. The Morgan fingerprint density at radius 1 is 1.16 bits per heavy atom. The summed E-state index contributed by atoms with van der Waals surface area (Å²) in [7, 11) is 0. The van der Waals surface area contributed by atoms with Gasteiger partial charge in [-0.25, -0.2) is 4.79 Å². The summed E-state index contributed by atoms with van der Waals surface area (Å²) in [5, 5.41) is 14.9. The second-order valence-corrected chi connectivity index (χ2v) is 10.2. The number of benzene rings is 1. The number of carbonyl (C=O) groups is 5. The lowest BCUT2D eigenvalue weighted by molar-refractivity contribution is -0.145. The summed E-state index contributed by atoms with van der Waals surface area (Å²) >= 11 is 0. The fraction of sp³-hybridized carbons (Fsp3) is 0.577. The molecule has 0 heterocycles. The number of esters is 1. The van der Waals surface area contributed by atoms with Gasteiger partial charge in [-0.2, -0.15) is 0 Å². The Morgan fingerprint density at radius 3 is 2.26 bits per heavy atom. The van der Waals surface area contributed by atoms with Crippen molar-refractivity contribution in [2.24, 2.45) is 11.7 Å². The average molecular weight is 535 g/mol. The minimum atomic E-state index is -1.39. The van der Waals surface area contributed by atoms with Gasteiger partial charge in [0.15, 0.2) is 0 Å². The van der Waals surface area contributed by atoms with Crippen LogP contribution in [-0.4, -0.2) is 70.6 Å². The summed E-state index contributed by atoms with van der Waals surface area (Å²) < 4.78 is 10.1. The van der Waals surface area contributed by atoms with Crippen LogP contribution in [0.3, 0.4) is 0 Å². The minimum absolute atomic E-state index is 0.0324. The molecule has 0 bridgehead atoms. The van der Waals surface area contributed by atoms with Gasteiger partial charge >= 0.3 is 12.1 Å². The van der Waals surface area contributed by atoms with Crippen LogP contribution in [0.15, 0.2) is 24.3 Å². The predicted molar refractivity (Wildman–Crippen MR) is 136 cm³/mol. The van der Waals surface area contributed by atoms with Crippen molar-refractivity contribution in [1.29, 1.82) is 0 Å². The first-order valence-electron chi connectivity index (χ1n) is 12.6. The highest BCUT2D eigenvalue weighted by Crippen LogP contribution is 2.41. The van der Waals surface area contributed by atoms with Crippen molar-refractivity contribution in [3.05, 3.63) is 29.8 Å². The molecule has 2 rings (SSSR count). The molecule has 4 atom stereocenters. The molecule has 0 aromatic heterocycles. The molecule has 38 heavy (non-hydrogen) atoms. The molecule has 1 aromatic rings. The zero-order valence-corrected chi connectivity index (χ0v) is 22.5. The number of primary amides is 1. The Kier molecular flexibility index (Phi) is 10.5. The van der Waals surface area contributed by atoms with Crippen LogP contribution in [-0.2, 0) is 28.7 Å². The number of amides is 4. The van der Waals surface area contributed by atoms with E-state index in [2.05, 4.69) is 10.6 Å². The first-order chi connectivity index (χ1) is 17.7. The van der Waals surface area contributed by atoms with Crippen LogP contribution < -0.4 is 16.4 Å². The van der Waals surface area contributed by atoms with E-state index in [4.69, 9.17) is 15.2 Å². The van der Waals surface area contributed by atoms with E-state index in [1.165, 1.54) is 29.2 Å². The molecule has 5 N–H and O–H groups in total. The molecule has 1 aliphatic rings. The highest BCUT2D eigenvalue weighted by Gasteiger charge is 2.48. The van der Waals surface area contributed by atoms with Gasteiger partial charge in [0.25, 0.3) is 0 Å². The minimum Gasteiger partial charge on any atom is -0.508 e. The van der Waals surface area contributed by atoms with E-state index in [0.29, 0.717) is 12.0 Å². The van der Waals surface area contributed by atoms with Gasteiger partial charge in [-0.05, 0) is 57.7 Å². The molecule has 12 heteroatoms. The summed E-state index contributed by atoms with van der Waals surface area (Å²) in [5.74, 6) is -2.58. The summed E-state index contributed by atoms with van der Waals surface area (Å²) in [4.78, 5) is 64.8. The Bertz CT molecular complexity index is 1020. The van der Waals surface area contributed by atoms with E-state index >= 15 is 0 Å². The van der Waals surface area contributed by atoms with Gasteiger partial charge in [0.2, 0.25) is 17.7 Å². The number of rotatable bonds is 12. The molecule has 210 valence electrons. The number of hydrogen-bond acceptors (Lipinski definition) is 8. The maximum Gasteiger partial charge on any atom is 0.408 e. The fourth-order valence-electron chi connectivity index (χ4n) is 3.92. The lowest BCUT2D eigenvalue weighted by atomic mass is 10.0. The largest absolute Gasteiger partial charge is 0.508 e. The molecular formula is C26H38N4O8. The second kappa shape index (κ2) is 13.1. The van der Waals surface area contributed by atoms with Gasteiger partial charge in [0, 0.05) is 12.6 Å². The Hall–Kier alpha value is -3.83. The van der Waals surface area contributed by atoms with Crippen molar-refractivity contribution in [3.63, 3.8) is 0 Å². The highest BCUT2D eigenvalue weighted by molar-refractivity contribution is 5.95. The van der Waals surface area contributed by atoms with Crippen molar-refractivity contribution in [2.45, 2.75) is 77.6 Å². The number of alkyl carbamates (subject to hydrolysis) is 1. The number of nitrogens with zero attached hydrogens (tertiary/aromatic N) is 1. The number of nitrogens with two attached hydrogens (primary N) is 1. The standard InChI is InChI=1S/C26H38N4O8/c1-6-37-21(33)11-12-28-23(34)22(16-7-9-17(31)10-8-16)30(19-13-15(19)2)24(35)18(14-20(27)32)29-25(36)38-26(3,4)5/h7-10,15,18-19,22,31H,6,11-14H2,1-5H3,(H2,27,32)(H,28,34)(H,29,36). The van der Waals surface area contributed by atoms with Crippen LogP contribution in [0.1, 0.15) is 65.5 Å². The predicted octanol–water partition coefficient (Wildman–Crippen LogP) is 1.51. The van der Waals surface area contributed by atoms with Gasteiger partial charge in [-0.15, -0.1) is 0 Å². The molecule has 0 aliphatic heterocycles. The number of carbonyl (C=O) groups excluding carboxylic acids is 5. The average Bonchev–Trinajstić information content (AvgIpc) is 3.51. The lowest BCUT2D eigenvalue weighted by Crippen LogP contribution is -2.55. The zero-order valence-electron chi connectivity index (χ0n) is 22.5. The van der Waals surface area contributed by atoms with Gasteiger partial charge < -0.3 is 35.8 Å². The van der Waals surface area contributed by atoms with E-state index in [1.807, 2.05) is 6.92 Å². The topological polar surface area (TPSA) is 177 Å².